The number of fused-ring (bicyclic) bond motifs is 1. The third-order valence-electron chi connectivity index (χ3n) is 2.21. The Morgan fingerprint density at radius 2 is 2.31 bits per heavy atom. The lowest BCUT2D eigenvalue weighted by Gasteiger charge is -2.07. The molecule has 4 heteroatoms. The summed E-state index contributed by atoms with van der Waals surface area (Å²) >= 11 is 6.03. The van der Waals surface area contributed by atoms with Gasteiger partial charge in [0.1, 0.15) is 11.8 Å². The fourth-order valence-electron chi connectivity index (χ4n) is 1.50. The number of ether oxygens (including phenoxy) is 1. The highest BCUT2D eigenvalue weighted by Crippen LogP contribution is 2.28. The maximum absolute atomic E-state index is 9.00. The summed E-state index contributed by atoms with van der Waals surface area (Å²) in [6, 6.07) is 7.23. The Morgan fingerprint density at radius 1 is 1.50 bits per heavy atom. The van der Waals surface area contributed by atoms with Crippen molar-refractivity contribution in [2.75, 3.05) is 6.61 Å². The average Bonchev–Trinajstić information content (AvgIpc) is 2.29. The molecule has 0 fully saturated rings. The van der Waals surface area contributed by atoms with E-state index in [1.807, 2.05) is 6.92 Å². The number of nitrogens with zero attached hydrogens (tertiary/aromatic N) is 2. The predicted molar refractivity (Wildman–Crippen MR) is 62.6 cm³/mol. The van der Waals surface area contributed by atoms with E-state index in [1.54, 1.807) is 24.4 Å². The molecule has 0 unspecified atom stereocenters. The lowest BCUT2D eigenvalue weighted by atomic mass is 10.1. The molecule has 0 amide bonds. The van der Waals surface area contributed by atoms with E-state index < -0.39 is 0 Å². The zero-order chi connectivity index (χ0) is 11.5. The summed E-state index contributed by atoms with van der Waals surface area (Å²) in [6.45, 7) is 2.39. The number of hydrogen-bond acceptors (Lipinski definition) is 3. The van der Waals surface area contributed by atoms with Crippen molar-refractivity contribution < 1.29 is 4.74 Å². The largest absolute Gasteiger partial charge is 0.492 e. The van der Waals surface area contributed by atoms with Gasteiger partial charge in [-0.15, -0.1) is 0 Å². The van der Waals surface area contributed by atoms with E-state index in [-0.39, 0.29) is 0 Å². The Balaban J connectivity index is 2.71. The van der Waals surface area contributed by atoms with Crippen LogP contribution in [-0.2, 0) is 0 Å². The van der Waals surface area contributed by atoms with Gasteiger partial charge in [-0.2, -0.15) is 5.26 Å². The molecule has 0 spiro atoms. The van der Waals surface area contributed by atoms with Crippen LogP contribution < -0.4 is 4.74 Å². The quantitative estimate of drug-likeness (QED) is 0.799. The van der Waals surface area contributed by atoms with Gasteiger partial charge in [-0.3, -0.25) is 4.98 Å². The molecule has 0 saturated carbocycles. The molecule has 16 heavy (non-hydrogen) atoms. The Bertz CT molecular complexity index is 575. The predicted octanol–water partition coefficient (Wildman–Crippen LogP) is 3.16. The van der Waals surface area contributed by atoms with Crippen molar-refractivity contribution in [1.82, 2.24) is 4.98 Å². The molecule has 1 heterocycles. The first kappa shape index (κ1) is 10.7. The van der Waals surface area contributed by atoms with Gasteiger partial charge in [-0.1, -0.05) is 11.6 Å². The lowest BCUT2D eigenvalue weighted by Crippen LogP contribution is -1.95. The maximum Gasteiger partial charge on any atom is 0.139 e. The summed E-state index contributed by atoms with van der Waals surface area (Å²) < 4.78 is 5.37. The molecule has 0 N–H and O–H groups in total. The minimum atomic E-state index is 0.476. The van der Waals surface area contributed by atoms with E-state index >= 15 is 0 Å². The van der Waals surface area contributed by atoms with Gasteiger partial charge in [0.15, 0.2) is 0 Å². The van der Waals surface area contributed by atoms with Gasteiger partial charge in [0.05, 0.1) is 22.7 Å². The minimum absolute atomic E-state index is 0.476. The molecule has 80 valence electrons. The molecule has 0 atom stereocenters. The van der Waals surface area contributed by atoms with E-state index in [1.165, 1.54) is 0 Å². The number of benzene rings is 1. The number of aromatic nitrogens is 1. The van der Waals surface area contributed by atoms with Crippen LogP contribution in [-0.4, -0.2) is 11.6 Å². The first-order valence-electron chi connectivity index (χ1n) is 4.87. The van der Waals surface area contributed by atoms with Crippen molar-refractivity contribution in [3.63, 3.8) is 0 Å². The van der Waals surface area contributed by atoms with Gasteiger partial charge < -0.3 is 4.74 Å². The second-order valence-corrected chi connectivity index (χ2v) is 3.61. The van der Waals surface area contributed by atoms with Crippen LogP contribution in [0.1, 0.15) is 12.5 Å². The molecule has 3 nitrogen and oxygen atoms in total. The maximum atomic E-state index is 9.00. The Hall–Kier alpha value is -1.79. The second-order valence-electron chi connectivity index (χ2n) is 3.20. The van der Waals surface area contributed by atoms with Crippen LogP contribution in [0.25, 0.3) is 10.9 Å². The normalized spacial score (nSPS) is 10.1. The van der Waals surface area contributed by atoms with Gasteiger partial charge in [-0.05, 0) is 19.1 Å². The molecule has 2 rings (SSSR count). The lowest BCUT2D eigenvalue weighted by molar-refractivity contribution is 0.339. The first-order valence-corrected chi connectivity index (χ1v) is 5.25. The number of nitriles is 1. The van der Waals surface area contributed by atoms with Crippen molar-refractivity contribution in [2.45, 2.75) is 6.92 Å². The second kappa shape index (κ2) is 4.38. The fraction of sp³-hybridized carbons (Fsp3) is 0.167. The zero-order valence-corrected chi connectivity index (χ0v) is 9.45. The van der Waals surface area contributed by atoms with Crippen LogP contribution >= 0.6 is 11.6 Å². The highest BCUT2D eigenvalue weighted by molar-refractivity contribution is 6.35. The highest BCUT2D eigenvalue weighted by atomic mass is 35.5. The van der Waals surface area contributed by atoms with Crippen LogP contribution in [0.3, 0.4) is 0 Å². The topological polar surface area (TPSA) is 45.9 Å². The van der Waals surface area contributed by atoms with Gasteiger partial charge in [-0.25, -0.2) is 0 Å². The average molecular weight is 233 g/mol. The van der Waals surface area contributed by atoms with Crippen molar-refractivity contribution in [1.29, 1.82) is 5.26 Å². The smallest absolute Gasteiger partial charge is 0.139 e. The summed E-state index contributed by atoms with van der Waals surface area (Å²) in [5.41, 5.74) is 1.21. The third kappa shape index (κ3) is 1.80. The van der Waals surface area contributed by atoms with Gasteiger partial charge >= 0.3 is 0 Å². The molecule has 0 bridgehead atoms. The summed E-state index contributed by atoms with van der Waals surface area (Å²) in [5.74, 6) is 0.548. The number of rotatable bonds is 2. The molecule has 0 saturated heterocycles. The minimum Gasteiger partial charge on any atom is -0.492 e. The van der Waals surface area contributed by atoms with Gasteiger partial charge in [0.2, 0.25) is 0 Å². The standard InChI is InChI=1S/C12H9ClN2O/c1-2-16-12-6-11-9(5-8(12)7-14)10(13)3-4-15-11/h3-6H,2H2,1H3. The molecule has 0 radical (unpaired) electrons. The zero-order valence-electron chi connectivity index (χ0n) is 8.70. The molecule has 1 aromatic carbocycles. The highest BCUT2D eigenvalue weighted by Gasteiger charge is 2.08. The Morgan fingerprint density at radius 3 is 3.00 bits per heavy atom. The fourth-order valence-corrected chi connectivity index (χ4v) is 1.71. The van der Waals surface area contributed by atoms with Crippen molar-refractivity contribution >= 4 is 22.5 Å². The third-order valence-corrected chi connectivity index (χ3v) is 2.54. The molecular formula is C12H9ClN2O. The Kier molecular flexibility index (Phi) is 2.93. The molecular weight excluding hydrogens is 224 g/mol. The summed E-state index contributed by atoms with van der Waals surface area (Å²) in [5, 5.41) is 10.4. The van der Waals surface area contributed by atoms with E-state index in [0.717, 1.165) is 10.9 Å². The number of pyridine rings is 1. The van der Waals surface area contributed by atoms with Crippen LogP contribution in [0.5, 0.6) is 5.75 Å². The van der Waals surface area contributed by atoms with Crippen LogP contribution in [0.2, 0.25) is 5.02 Å². The molecule has 1 aromatic heterocycles. The molecule has 0 aliphatic carbocycles. The molecule has 0 aliphatic heterocycles. The SMILES string of the molecule is CCOc1cc2nccc(Cl)c2cc1C#N. The monoisotopic (exact) mass is 232 g/mol. The van der Waals surface area contributed by atoms with Gasteiger partial charge in [0.25, 0.3) is 0 Å². The van der Waals surface area contributed by atoms with Gasteiger partial charge in [0, 0.05) is 17.6 Å². The van der Waals surface area contributed by atoms with Crippen molar-refractivity contribution in [2.24, 2.45) is 0 Å². The van der Waals surface area contributed by atoms with Crippen molar-refractivity contribution in [3.05, 3.63) is 35.0 Å². The van der Waals surface area contributed by atoms with E-state index in [0.29, 0.717) is 22.9 Å². The number of hydrogen-bond donors (Lipinski definition) is 0. The van der Waals surface area contributed by atoms with Crippen LogP contribution in [0.4, 0.5) is 0 Å². The van der Waals surface area contributed by atoms with E-state index in [9.17, 15) is 0 Å². The Labute approximate surface area is 98.2 Å². The summed E-state index contributed by atoms with van der Waals surface area (Å²) in [7, 11) is 0. The van der Waals surface area contributed by atoms with E-state index in [4.69, 9.17) is 21.6 Å². The molecule has 2 aromatic rings. The number of halogens is 1. The van der Waals surface area contributed by atoms with E-state index in [2.05, 4.69) is 11.1 Å². The summed E-state index contributed by atoms with van der Waals surface area (Å²) in [4.78, 5) is 4.19. The molecule has 0 aliphatic rings. The van der Waals surface area contributed by atoms with Crippen LogP contribution in [0, 0.1) is 11.3 Å². The summed E-state index contributed by atoms with van der Waals surface area (Å²) in [6.07, 6.45) is 1.63. The van der Waals surface area contributed by atoms with Crippen molar-refractivity contribution in [3.8, 4) is 11.8 Å². The van der Waals surface area contributed by atoms with Crippen LogP contribution in [0.15, 0.2) is 24.4 Å². The first-order chi connectivity index (χ1) is 7.76.